The van der Waals surface area contributed by atoms with Gasteiger partial charge in [-0.05, 0) is 121 Å². The van der Waals surface area contributed by atoms with Crippen LogP contribution in [0, 0.1) is 0 Å². The van der Waals surface area contributed by atoms with Gasteiger partial charge in [0.05, 0.1) is 16.6 Å². The summed E-state index contributed by atoms with van der Waals surface area (Å²) in [6, 6.07) is 49.3. The number of hydrogen-bond donors (Lipinski definition) is 0. The Morgan fingerprint density at radius 2 is 1.21 bits per heavy atom. The molecule has 252 valence electrons. The predicted molar refractivity (Wildman–Crippen MR) is 220 cm³/mol. The Bertz CT molecular complexity index is 2730. The first-order valence-corrected chi connectivity index (χ1v) is 18.4. The van der Waals surface area contributed by atoms with Crippen LogP contribution in [0.5, 0.6) is 0 Å². The molecule has 9 rings (SSSR count). The fourth-order valence-electron chi connectivity index (χ4n) is 8.08. The molecule has 0 aliphatic carbocycles. The highest BCUT2D eigenvalue weighted by Gasteiger charge is 2.21. The van der Waals surface area contributed by atoms with Crippen LogP contribution in [0.15, 0.2) is 152 Å². The number of rotatable bonds is 6. The SMILES string of the molecule is CCCc1ccc2c(c1)c1ncccc1n2-c1cc(-c2cccnc2)cc(-c2c3ccccc3c(-c3cccc(C(C)(C)C)c3)c3ccccc23)c1. The average Bonchev–Trinajstić information content (AvgIpc) is 3.50. The van der Waals surface area contributed by atoms with Gasteiger partial charge in [0.25, 0.3) is 0 Å². The van der Waals surface area contributed by atoms with E-state index in [0.29, 0.717) is 0 Å². The predicted octanol–water partition coefficient (Wildman–Crippen LogP) is 13.1. The first kappa shape index (κ1) is 31.9. The molecule has 0 aliphatic rings. The van der Waals surface area contributed by atoms with Gasteiger partial charge in [0.2, 0.25) is 0 Å². The largest absolute Gasteiger partial charge is 0.308 e. The molecule has 0 fully saturated rings. The van der Waals surface area contributed by atoms with Crippen LogP contribution in [0.2, 0.25) is 0 Å². The van der Waals surface area contributed by atoms with Crippen LogP contribution in [-0.4, -0.2) is 14.5 Å². The number of hydrogen-bond acceptors (Lipinski definition) is 2. The molecule has 0 atom stereocenters. The van der Waals surface area contributed by atoms with Crippen molar-refractivity contribution in [1.82, 2.24) is 14.5 Å². The molecule has 0 unspecified atom stereocenters. The fourth-order valence-corrected chi connectivity index (χ4v) is 8.08. The minimum absolute atomic E-state index is 0.0462. The van der Waals surface area contributed by atoms with Crippen LogP contribution in [0.1, 0.15) is 45.2 Å². The van der Waals surface area contributed by atoms with E-state index in [-0.39, 0.29) is 5.41 Å². The number of aromatic nitrogens is 3. The van der Waals surface area contributed by atoms with Gasteiger partial charge in [-0.2, -0.15) is 0 Å². The second-order valence-electron chi connectivity index (χ2n) is 15.0. The molecular formula is C49H41N3. The zero-order chi connectivity index (χ0) is 35.4. The quantitative estimate of drug-likeness (QED) is 0.165. The molecule has 3 nitrogen and oxygen atoms in total. The summed E-state index contributed by atoms with van der Waals surface area (Å²) in [4.78, 5) is 9.46. The molecule has 3 heteroatoms. The van der Waals surface area contributed by atoms with E-state index in [9.17, 15) is 0 Å². The average molecular weight is 672 g/mol. The van der Waals surface area contributed by atoms with Crippen molar-refractivity contribution in [2.24, 2.45) is 0 Å². The highest BCUT2D eigenvalue weighted by molar-refractivity contribution is 6.21. The lowest BCUT2D eigenvalue weighted by Crippen LogP contribution is -2.10. The van der Waals surface area contributed by atoms with Crippen molar-refractivity contribution in [1.29, 1.82) is 0 Å². The number of fused-ring (bicyclic) bond motifs is 5. The van der Waals surface area contributed by atoms with Crippen molar-refractivity contribution >= 4 is 43.5 Å². The molecule has 0 N–H and O–H groups in total. The Kier molecular flexibility index (Phi) is 7.73. The van der Waals surface area contributed by atoms with Crippen LogP contribution >= 0.6 is 0 Å². The van der Waals surface area contributed by atoms with Gasteiger partial charge in [-0.25, -0.2) is 0 Å². The van der Waals surface area contributed by atoms with Crippen LogP contribution in [0.4, 0.5) is 0 Å². The first-order valence-electron chi connectivity index (χ1n) is 18.4. The van der Waals surface area contributed by atoms with Crippen molar-refractivity contribution < 1.29 is 0 Å². The van der Waals surface area contributed by atoms with Gasteiger partial charge in [0, 0.05) is 35.2 Å². The maximum atomic E-state index is 4.93. The molecule has 0 radical (unpaired) electrons. The van der Waals surface area contributed by atoms with Gasteiger partial charge in [-0.3, -0.25) is 9.97 Å². The zero-order valence-electron chi connectivity index (χ0n) is 30.2. The lowest BCUT2D eigenvalue weighted by Gasteiger charge is -2.22. The summed E-state index contributed by atoms with van der Waals surface area (Å²) in [5, 5.41) is 6.16. The smallest absolute Gasteiger partial charge is 0.0963 e. The number of benzene rings is 6. The van der Waals surface area contributed by atoms with Gasteiger partial charge >= 0.3 is 0 Å². The van der Waals surface area contributed by atoms with Gasteiger partial charge in [-0.1, -0.05) is 119 Å². The van der Waals surface area contributed by atoms with Crippen molar-refractivity contribution in [3.05, 3.63) is 163 Å². The van der Waals surface area contributed by atoms with Crippen LogP contribution in [0.3, 0.4) is 0 Å². The van der Waals surface area contributed by atoms with Crippen LogP contribution < -0.4 is 0 Å². The van der Waals surface area contributed by atoms with Crippen LogP contribution in [-0.2, 0) is 11.8 Å². The summed E-state index contributed by atoms with van der Waals surface area (Å²) in [6.07, 6.45) is 7.88. The molecular weight excluding hydrogens is 631 g/mol. The summed E-state index contributed by atoms with van der Waals surface area (Å²) < 4.78 is 2.40. The minimum atomic E-state index is 0.0462. The monoisotopic (exact) mass is 671 g/mol. The van der Waals surface area contributed by atoms with Crippen molar-refractivity contribution in [2.45, 2.75) is 46.0 Å². The molecule has 0 saturated carbocycles. The Hall–Kier alpha value is -6.06. The van der Waals surface area contributed by atoms with Gasteiger partial charge in [-0.15, -0.1) is 0 Å². The molecule has 0 saturated heterocycles. The number of nitrogens with zero attached hydrogens (tertiary/aromatic N) is 3. The van der Waals surface area contributed by atoms with E-state index < -0.39 is 0 Å². The van der Waals surface area contributed by atoms with Gasteiger partial charge in [0.15, 0.2) is 0 Å². The van der Waals surface area contributed by atoms with E-state index in [1.54, 1.807) is 0 Å². The van der Waals surface area contributed by atoms with Crippen molar-refractivity contribution in [3.63, 3.8) is 0 Å². The Balaban J connectivity index is 1.37. The van der Waals surface area contributed by atoms with E-state index in [0.717, 1.165) is 46.2 Å². The maximum Gasteiger partial charge on any atom is 0.0963 e. The van der Waals surface area contributed by atoms with E-state index in [4.69, 9.17) is 4.98 Å². The zero-order valence-corrected chi connectivity index (χ0v) is 30.2. The van der Waals surface area contributed by atoms with Gasteiger partial charge < -0.3 is 4.57 Å². The summed E-state index contributed by atoms with van der Waals surface area (Å²) in [6.45, 7) is 9.10. The molecule has 3 aromatic heterocycles. The molecule has 0 aliphatic heterocycles. The lowest BCUT2D eigenvalue weighted by atomic mass is 9.82. The summed E-state index contributed by atoms with van der Waals surface area (Å²) in [5.41, 5.74) is 14.2. The highest BCUT2D eigenvalue weighted by atomic mass is 15.0. The molecule has 9 aromatic rings. The fraction of sp³-hybridized carbons (Fsp3) is 0.143. The molecule has 3 heterocycles. The third-order valence-electron chi connectivity index (χ3n) is 10.5. The molecule has 52 heavy (non-hydrogen) atoms. The topological polar surface area (TPSA) is 30.7 Å². The second-order valence-corrected chi connectivity index (χ2v) is 15.0. The van der Waals surface area contributed by atoms with E-state index >= 15 is 0 Å². The Morgan fingerprint density at radius 3 is 1.88 bits per heavy atom. The standard InChI is InChI=1S/C49H41N3/c1-5-13-32-22-23-44-43(26-32)48-45(21-12-25-51-48)52(44)38-29-35(34-15-11-24-50-31-34)27-36(30-38)47-41-19-8-6-17-39(41)46(40-18-7-9-20-42(40)47)33-14-10-16-37(28-33)49(2,3)4/h6-12,14-31H,5,13H2,1-4H3. The number of aryl methyl sites for hydroxylation is 1. The highest BCUT2D eigenvalue weighted by Crippen LogP contribution is 2.46. The second kappa shape index (κ2) is 12.6. The lowest BCUT2D eigenvalue weighted by molar-refractivity contribution is 0.590. The van der Waals surface area contributed by atoms with E-state index in [1.165, 1.54) is 60.3 Å². The third-order valence-corrected chi connectivity index (χ3v) is 10.5. The first-order chi connectivity index (χ1) is 25.4. The minimum Gasteiger partial charge on any atom is -0.308 e. The molecule has 0 bridgehead atoms. The Labute approximate surface area is 305 Å². The van der Waals surface area contributed by atoms with E-state index in [2.05, 4.69) is 159 Å². The molecule has 0 spiro atoms. The maximum absolute atomic E-state index is 4.93. The summed E-state index contributed by atoms with van der Waals surface area (Å²) in [5.74, 6) is 0. The Morgan fingerprint density at radius 1 is 0.538 bits per heavy atom. The van der Waals surface area contributed by atoms with Crippen LogP contribution in [0.25, 0.3) is 82.5 Å². The van der Waals surface area contributed by atoms with Crippen molar-refractivity contribution in [2.75, 3.05) is 0 Å². The number of pyridine rings is 2. The summed E-state index contributed by atoms with van der Waals surface area (Å²) in [7, 11) is 0. The molecule has 6 aromatic carbocycles. The molecule has 0 amide bonds. The summed E-state index contributed by atoms with van der Waals surface area (Å²) >= 11 is 0. The van der Waals surface area contributed by atoms with Gasteiger partial charge in [0.1, 0.15) is 0 Å². The normalized spacial score (nSPS) is 12.0. The van der Waals surface area contributed by atoms with E-state index in [1.807, 2.05) is 30.7 Å². The third kappa shape index (κ3) is 5.36. The van der Waals surface area contributed by atoms with Crippen molar-refractivity contribution in [3.8, 4) is 39.1 Å².